The van der Waals surface area contributed by atoms with Gasteiger partial charge >= 0.3 is 0 Å². The average molecular weight is 238 g/mol. The van der Waals surface area contributed by atoms with Crippen molar-refractivity contribution >= 4 is 17.5 Å². The van der Waals surface area contributed by atoms with Crippen LogP contribution in [0.5, 0.6) is 5.88 Å². The van der Waals surface area contributed by atoms with Gasteiger partial charge in [-0.15, -0.1) is 0 Å². The van der Waals surface area contributed by atoms with Gasteiger partial charge in [-0.1, -0.05) is 23.7 Å². The van der Waals surface area contributed by atoms with Crippen molar-refractivity contribution in [2.45, 2.75) is 0 Å². The lowest BCUT2D eigenvalue weighted by Gasteiger charge is -1.96. The molecular formula is C10H8ClN3O2. The van der Waals surface area contributed by atoms with E-state index in [-0.39, 0.29) is 5.69 Å². The van der Waals surface area contributed by atoms with E-state index in [1.807, 2.05) is 0 Å². The molecule has 4 N–H and O–H groups in total. The van der Waals surface area contributed by atoms with E-state index < -0.39 is 11.8 Å². The minimum absolute atomic E-state index is 0.116. The fourth-order valence-corrected chi connectivity index (χ4v) is 1.50. The smallest absolute Gasteiger partial charge is 0.270 e. The van der Waals surface area contributed by atoms with Crippen LogP contribution in [-0.4, -0.2) is 21.0 Å². The van der Waals surface area contributed by atoms with Crippen LogP contribution in [0.4, 0.5) is 0 Å². The maximum Gasteiger partial charge on any atom is 0.270 e. The molecule has 0 aliphatic heterocycles. The lowest BCUT2D eigenvalue weighted by Crippen LogP contribution is -2.11. The molecule has 0 saturated heterocycles. The number of aromatic nitrogens is 2. The Kier molecular flexibility index (Phi) is 2.54. The van der Waals surface area contributed by atoms with Gasteiger partial charge in [0.05, 0.1) is 0 Å². The van der Waals surface area contributed by atoms with Crippen LogP contribution in [0.3, 0.4) is 0 Å². The van der Waals surface area contributed by atoms with Crippen molar-refractivity contribution < 1.29 is 9.90 Å². The molecule has 0 saturated carbocycles. The molecule has 0 unspecified atom stereocenters. The van der Waals surface area contributed by atoms with Crippen LogP contribution in [-0.2, 0) is 0 Å². The van der Waals surface area contributed by atoms with Gasteiger partial charge in [0.15, 0.2) is 5.69 Å². The van der Waals surface area contributed by atoms with Crippen LogP contribution in [0.25, 0.3) is 11.4 Å². The number of primary amides is 1. The van der Waals surface area contributed by atoms with Crippen LogP contribution in [0, 0.1) is 0 Å². The van der Waals surface area contributed by atoms with Crippen molar-refractivity contribution in [1.29, 1.82) is 0 Å². The fourth-order valence-electron chi connectivity index (χ4n) is 1.31. The summed E-state index contributed by atoms with van der Waals surface area (Å²) in [4.78, 5) is 17.3. The van der Waals surface area contributed by atoms with Gasteiger partial charge in [-0.3, -0.25) is 4.79 Å². The maximum atomic E-state index is 10.9. The van der Waals surface area contributed by atoms with E-state index in [0.717, 1.165) is 0 Å². The highest BCUT2D eigenvalue weighted by molar-refractivity contribution is 6.30. The highest BCUT2D eigenvalue weighted by Gasteiger charge is 2.14. The van der Waals surface area contributed by atoms with Gasteiger partial charge in [-0.25, -0.2) is 0 Å². The molecule has 1 aromatic heterocycles. The molecule has 5 nitrogen and oxygen atoms in total. The number of halogens is 1. The molecule has 2 aromatic rings. The number of aromatic hydroxyl groups is 1. The Bertz CT molecular complexity index is 551. The molecule has 0 spiro atoms. The number of nitrogens with zero attached hydrogens (tertiary/aromatic N) is 1. The van der Waals surface area contributed by atoms with E-state index in [4.69, 9.17) is 17.3 Å². The van der Waals surface area contributed by atoms with Crippen molar-refractivity contribution in [3.05, 3.63) is 35.0 Å². The summed E-state index contributed by atoms with van der Waals surface area (Å²) in [6, 6.07) is 6.85. The number of carbonyl (C=O) groups excluding carboxylic acids is 1. The van der Waals surface area contributed by atoms with Crippen molar-refractivity contribution in [2.24, 2.45) is 5.73 Å². The van der Waals surface area contributed by atoms with Crippen molar-refractivity contribution in [1.82, 2.24) is 9.97 Å². The minimum atomic E-state index is -0.765. The van der Waals surface area contributed by atoms with Crippen LogP contribution in [0.2, 0.25) is 5.02 Å². The fraction of sp³-hybridized carbons (Fsp3) is 0. The van der Waals surface area contributed by atoms with E-state index in [1.165, 1.54) is 0 Å². The van der Waals surface area contributed by atoms with Crippen LogP contribution in [0.1, 0.15) is 10.5 Å². The first kappa shape index (κ1) is 10.5. The van der Waals surface area contributed by atoms with Crippen LogP contribution in [0.15, 0.2) is 24.3 Å². The van der Waals surface area contributed by atoms with Gasteiger partial charge in [0.25, 0.3) is 5.91 Å². The van der Waals surface area contributed by atoms with Crippen molar-refractivity contribution in [3.63, 3.8) is 0 Å². The van der Waals surface area contributed by atoms with Crippen LogP contribution < -0.4 is 5.73 Å². The third-order valence-electron chi connectivity index (χ3n) is 2.03. The zero-order valence-electron chi connectivity index (χ0n) is 8.07. The molecule has 1 aromatic carbocycles. The lowest BCUT2D eigenvalue weighted by atomic mass is 10.2. The Morgan fingerprint density at radius 2 is 2.25 bits per heavy atom. The second kappa shape index (κ2) is 3.86. The second-order valence-electron chi connectivity index (χ2n) is 3.16. The Morgan fingerprint density at radius 1 is 1.50 bits per heavy atom. The molecule has 0 bridgehead atoms. The summed E-state index contributed by atoms with van der Waals surface area (Å²) < 4.78 is 0. The summed E-state index contributed by atoms with van der Waals surface area (Å²) in [6.07, 6.45) is 0. The minimum Gasteiger partial charge on any atom is -0.492 e. The number of nitrogens with two attached hydrogens (primary N) is 1. The van der Waals surface area contributed by atoms with Crippen LogP contribution >= 0.6 is 11.6 Å². The number of nitrogens with one attached hydrogen (secondary N) is 1. The molecule has 0 aliphatic rings. The zero-order chi connectivity index (χ0) is 11.7. The first-order valence-corrected chi connectivity index (χ1v) is 4.80. The number of imidazole rings is 1. The summed E-state index contributed by atoms with van der Waals surface area (Å²) >= 11 is 5.81. The SMILES string of the molecule is NC(=O)c1[nH]c(-c2cccc(Cl)c2)nc1O. The van der Waals surface area contributed by atoms with E-state index >= 15 is 0 Å². The Balaban J connectivity index is 2.49. The topological polar surface area (TPSA) is 92.0 Å². The van der Waals surface area contributed by atoms with Gasteiger partial charge in [0.2, 0.25) is 5.88 Å². The number of hydrogen-bond acceptors (Lipinski definition) is 3. The monoisotopic (exact) mass is 237 g/mol. The molecular weight excluding hydrogens is 230 g/mol. The molecule has 1 amide bonds. The quantitative estimate of drug-likeness (QED) is 0.740. The summed E-state index contributed by atoms with van der Waals surface area (Å²) in [6.45, 7) is 0. The van der Waals surface area contributed by atoms with Crippen molar-refractivity contribution in [3.8, 4) is 17.3 Å². The second-order valence-corrected chi connectivity index (χ2v) is 3.60. The Hall–Kier alpha value is -2.01. The molecule has 1 heterocycles. The summed E-state index contributed by atoms with van der Waals surface area (Å²) in [7, 11) is 0. The average Bonchev–Trinajstić information content (AvgIpc) is 2.60. The Labute approximate surface area is 95.9 Å². The summed E-state index contributed by atoms with van der Waals surface area (Å²) in [5.41, 5.74) is 5.59. The maximum absolute atomic E-state index is 10.9. The number of hydrogen-bond donors (Lipinski definition) is 3. The molecule has 6 heteroatoms. The highest BCUT2D eigenvalue weighted by Crippen LogP contribution is 2.23. The summed E-state index contributed by atoms with van der Waals surface area (Å²) in [5.74, 6) is -0.838. The van der Waals surface area contributed by atoms with Gasteiger partial charge in [-0.05, 0) is 12.1 Å². The molecule has 16 heavy (non-hydrogen) atoms. The normalized spacial score (nSPS) is 10.3. The standard InChI is InChI=1S/C10H8ClN3O2/c11-6-3-1-2-5(4-6)9-13-7(8(12)15)10(16)14-9/h1-4,16H,(H2,12,15)(H,13,14). The lowest BCUT2D eigenvalue weighted by molar-refractivity contribution is 0.0993. The van der Waals surface area contributed by atoms with Gasteiger partial charge in [0.1, 0.15) is 5.82 Å². The van der Waals surface area contributed by atoms with E-state index in [2.05, 4.69) is 9.97 Å². The number of aromatic amines is 1. The molecule has 0 fully saturated rings. The molecule has 2 rings (SSSR count). The van der Waals surface area contributed by atoms with E-state index in [0.29, 0.717) is 16.4 Å². The van der Waals surface area contributed by atoms with E-state index in [1.54, 1.807) is 24.3 Å². The molecule has 0 atom stereocenters. The molecule has 0 radical (unpaired) electrons. The number of amides is 1. The largest absolute Gasteiger partial charge is 0.492 e. The Morgan fingerprint density at radius 3 is 2.81 bits per heavy atom. The number of rotatable bonds is 2. The van der Waals surface area contributed by atoms with Gasteiger partial charge < -0.3 is 15.8 Å². The van der Waals surface area contributed by atoms with E-state index in [9.17, 15) is 9.90 Å². The first-order valence-electron chi connectivity index (χ1n) is 4.42. The third-order valence-corrected chi connectivity index (χ3v) is 2.26. The predicted octanol–water partition coefficient (Wildman–Crippen LogP) is 1.53. The zero-order valence-corrected chi connectivity index (χ0v) is 8.82. The van der Waals surface area contributed by atoms with Crippen molar-refractivity contribution in [2.75, 3.05) is 0 Å². The summed E-state index contributed by atoms with van der Waals surface area (Å²) in [5, 5.41) is 9.89. The molecule has 82 valence electrons. The third kappa shape index (κ3) is 1.85. The predicted molar refractivity (Wildman–Crippen MR) is 59.2 cm³/mol. The highest BCUT2D eigenvalue weighted by atomic mass is 35.5. The number of benzene rings is 1. The van der Waals surface area contributed by atoms with Gasteiger partial charge in [-0.2, -0.15) is 4.98 Å². The molecule has 0 aliphatic carbocycles. The number of H-pyrrole nitrogens is 1. The van der Waals surface area contributed by atoms with Gasteiger partial charge in [0, 0.05) is 10.6 Å². The first-order chi connectivity index (χ1) is 7.58. The number of carbonyl (C=O) groups is 1.